The number of hydrogen-bond acceptors (Lipinski definition) is 6. The van der Waals surface area contributed by atoms with E-state index in [9.17, 15) is 8.42 Å². The van der Waals surface area contributed by atoms with Crippen LogP contribution in [0.3, 0.4) is 0 Å². The van der Waals surface area contributed by atoms with Gasteiger partial charge in [-0.2, -0.15) is 0 Å². The van der Waals surface area contributed by atoms with Crippen LogP contribution in [0.1, 0.15) is 27.2 Å². The second kappa shape index (κ2) is 7.95. The summed E-state index contributed by atoms with van der Waals surface area (Å²) in [4.78, 5) is 4.35. The van der Waals surface area contributed by atoms with E-state index in [2.05, 4.69) is 15.0 Å². The van der Waals surface area contributed by atoms with Crippen molar-refractivity contribution in [2.75, 3.05) is 38.5 Å². The van der Waals surface area contributed by atoms with Crippen LogP contribution in [0.4, 0.5) is 0 Å². The molecule has 0 aromatic rings. The molecule has 0 bridgehead atoms. The van der Waals surface area contributed by atoms with Gasteiger partial charge in [-0.1, -0.05) is 12.1 Å². The third-order valence-corrected chi connectivity index (χ3v) is 6.29. The van der Waals surface area contributed by atoms with E-state index < -0.39 is 9.84 Å². The molecule has 0 radical (unpaired) electrons. The van der Waals surface area contributed by atoms with Gasteiger partial charge in [0.25, 0.3) is 0 Å². The zero-order valence-electron chi connectivity index (χ0n) is 13.2. The Morgan fingerprint density at radius 2 is 1.86 bits per heavy atom. The molecular weight excluding hydrogens is 292 g/mol. The van der Waals surface area contributed by atoms with Gasteiger partial charge in [0, 0.05) is 32.7 Å². The van der Waals surface area contributed by atoms with E-state index in [0.29, 0.717) is 6.54 Å². The Hall–Kier alpha value is -0.860. The van der Waals surface area contributed by atoms with Crippen LogP contribution in [0, 0.1) is 0 Å². The second-order valence-corrected chi connectivity index (χ2v) is 8.42. The van der Waals surface area contributed by atoms with E-state index in [1.807, 2.05) is 6.92 Å². The molecule has 3 N–H and O–H groups in total. The maximum Gasteiger partial charge on any atom is 0.156 e. The minimum absolute atomic E-state index is 0.0449. The predicted molar refractivity (Wildman–Crippen MR) is 84.4 cm³/mol. The van der Waals surface area contributed by atoms with Crippen LogP contribution in [-0.2, 0) is 9.84 Å². The lowest BCUT2D eigenvalue weighted by Gasteiger charge is -2.38. The summed E-state index contributed by atoms with van der Waals surface area (Å²) in [6.45, 7) is 9.24. The van der Waals surface area contributed by atoms with Crippen LogP contribution in [0.2, 0.25) is 0 Å². The van der Waals surface area contributed by atoms with Crippen molar-refractivity contribution in [2.45, 2.75) is 38.5 Å². The molecule has 0 aliphatic carbocycles. The average molecular weight is 320 g/mol. The standard InChI is InChI=1S/C13H28N4O3S/c1-4-12(13(14)15-18)17-7-5-16(6-8-17)9-10-21(19,20)11(2)3/h11-12,18H,4-10H2,1-3H3,(H2,14,15). The van der Waals surface area contributed by atoms with Crippen LogP contribution in [-0.4, -0.2) is 79.0 Å². The zero-order valence-corrected chi connectivity index (χ0v) is 14.0. The Balaban J connectivity index is 2.46. The van der Waals surface area contributed by atoms with Gasteiger partial charge in [-0.3, -0.25) is 9.80 Å². The molecule has 1 unspecified atom stereocenters. The summed E-state index contributed by atoms with van der Waals surface area (Å²) in [5.41, 5.74) is 5.71. The number of oxime groups is 1. The van der Waals surface area contributed by atoms with Gasteiger partial charge in [-0.05, 0) is 20.3 Å². The highest BCUT2D eigenvalue weighted by atomic mass is 32.2. The number of rotatable bonds is 7. The third kappa shape index (κ3) is 5.12. The molecule has 1 saturated heterocycles. The normalized spacial score (nSPS) is 20.9. The Morgan fingerprint density at radius 3 is 2.29 bits per heavy atom. The first-order valence-electron chi connectivity index (χ1n) is 7.47. The van der Waals surface area contributed by atoms with Crippen LogP contribution in [0.25, 0.3) is 0 Å². The maximum absolute atomic E-state index is 11.8. The SMILES string of the molecule is CCC(C(N)=NO)N1CCN(CCS(=O)(=O)C(C)C)CC1. The molecule has 1 heterocycles. The molecule has 7 nitrogen and oxygen atoms in total. The fraction of sp³-hybridized carbons (Fsp3) is 0.923. The van der Waals surface area contributed by atoms with Gasteiger partial charge in [-0.15, -0.1) is 0 Å². The minimum atomic E-state index is -2.98. The summed E-state index contributed by atoms with van der Waals surface area (Å²) < 4.78 is 23.6. The molecule has 21 heavy (non-hydrogen) atoms. The van der Waals surface area contributed by atoms with E-state index >= 15 is 0 Å². The fourth-order valence-electron chi connectivity index (χ4n) is 2.51. The topological polar surface area (TPSA) is 99.2 Å². The van der Waals surface area contributed by atoms with Gasteiger partial charge in [0.1, 0.15) is 0 Å². The Bertz CT molecular complexity index is 442. The average Bonchev–Trinajstić information content (AvgIpc) is 2.46. The smallest absolute Gasteiger partial charge is 0.156 e. The summed E-state index contributed by atoms with van der Waals surface area (Å²) >= 11 is 0. The number of nitrogens with two attached hydrogens (primary N) is 1. The van der Waals surface area contributed by atoms with Crippen molar-refractivity contribution in [1.82, 2.24) is 9.80 Å². The summed E-state index contributed by atoms with van der Waals surface area (Å²) in [5, 5.41) is 11.6. The molecule has 0 spiro atoms. The van der Waals surface area contributed by atoms with E-state index in [1.54, 1.807) is 13.8 Å². The first-order valence-corrected chi connectivity index (χ1v) is 9.18. The zero-order chi connectivity index (χ0) is 16.0. The molecule has 1 rings (SSSR count). The summed E-state index contributed by atoms with van der Waals surface area (Å²) in [7, 11) is -2.98. The van der Waals surface area contributed by atoms with E-state index in [0.717, 1.165) is 32.6 Å². The Labute approximate surface area is 127 Å². The second-order valence-electron chi connectivity index (χ2n) is 5.74. The Kier molecular flexibility index (Phi) is 6.89. The predicted octanol–water partition coefficient (Wildman–Crippen LogP) is -0.0478. The van der Waals surface area contributed by atoms with Crippen molar-refractivity contribution in [3.05, 3.63) is 0 Å². The lowest BCUT2D eigenvalue weighted by atomic mass is 10.1. The van der Waals surface area contributed by atoms with Crippen molar-refractivity contribution >= 4 is 15.7 Å². The quantitative estimate of drug-likeness (QED) is 0.295. The first-order chi connectivity index (χ1) is 9.81. The van der Waals surface area contributed by atoms with Crippen molar-refractivity contribution in [1.29, 1.82) is 0 Å². The van der Waals surface area contributed by atoms with Crippen molar-refractivity contribution in [3.63, 3.8) is 0 Å². The highest BCUT2D eigenvalue weighted by Crippen LogP contribution is 2.10. The molecule has 1 fully saturated rings. The fourth-order valence-corrected chi connectivity index (χ4v) is 3.50. The first kappa shape index (κ1) is 18.2. The lowest BCUT2D eigenvalue weighted by molar-refractivity contribution is 0.119. The van der Waals surface area contributed by atoms with Crippen molar-refractivity contribution in [3.8, 4) is 0 Å². The summed E-state index contributed by atoms with van der Waals surface area (Å²) in [6, 6.07) is -0.0449. The van der Waals surface area contributed by atoms with Gasteiger partial charge < -0.3 is 10.9 Å². The molecule has 0 amide bonds. The van der Waals surface area contributed by atoms with E-state index in [1.165, 1.54) is 0 Å². The number of sulfone groups is 1. The highest BCUT2D eigenvalue weighted by molar-refractivity contribution is 7.92. The molecule has 0 aromatic heterocycles. The lowest BCUT2D eigenvalue weighted by Crippen LogP contribution is -2.54. The molecule has 0 aromatic carbocycles. The van der Waals surface area contributed by atoms with Crippen LogP contribution in [0.5, 0.6) is 0 Å². The maximum atomic E-state index is 11.8. The van der Waals surface area contributed by atoms with Gasteiger partial charge >= 0.3 is 0 Å². The molecule has 8 heteroatoms. The monoisotopic (exact) mass is 320 g/mol. The number of hydrogen-bond donors (Lipinski definition) is 2. The van der Waals surface area contributed by atoms with Crippen molar-refractivity contribution < 1.29 is 13.6 Å². The molecule has 1 aliphatic rings. The summed E-state index contributed by atoms with van der Waals surface area (Å²) in [6.07, 6.45) is 0.789. The number of piperazine rings is 1. The highest BCUT2D eigenvalue weighted by Gasteiger charge is 2.26. The molecular formula is C13H28N4O3S. The molecule has 1 atom stereocenters. The largest absolute Gasteiger partial charge is 0.409 e. The minimum Gasteiger partial charge on any atom is -0.409 e. The van der Waals surface area contributed by atoms with Gasteiger partial charge in [0.05, 0.1) is 17.0 Å². The van der Waals surface area contributed by atoms with E-state index in [4.69, 9.17) is 10.9 Å². The summed E-state index contributed by atoms with van der Waals surface area (Å²) in [5.74, 6) is 0.454. The number of nitrogens with zero attached hydrogens (tertiary/aromatic N) is 3. The molecule has 124 valence electrons. The Morgan fingerprint density at radius 1 is 1.29 bits per heavy atom. The van der Waals surface area contributed by atoms with Gasteiger partial charge in [-0.25, -0.2) is 8.42 Å². The molecule has 1 aliphatic heterocycles. The van der Waals surface area contributed by atoms with Crippen molar-refractivity contribution in [2.24, 2.45) is 10.9 Å². The van der Waals surface area contributed by atoms with Gasteiger partial charge in [0.15, 0.2) is 15.7 Å². The third-order valence-electron chi connectivity index (χ3n) is 4.10. The van der Waals surface area contributed by atoms with Crippen LogP contribution < -0.4 is 5.73 Å². The molecule has 0 saturated carbocycles. The van der Waals surface area contributed by atoms with Crippen LogP contribution in [0.15, 0.2) is 5.16 Å². The van der Waals surface area contributed by atoms with Gasteiger partial charge in [0.2, 0.25) is 0 Å². The van der Waals surface area contributed by atoms with E-state index in [-0.39, 0.29) is 22.9 Å². The van der Waals surface area contributed by atoms with Crippen LogP contribution >= 0.6 is 0 Å². The number of amidine groups is 1.